The predicted octanol–water partition coefficient (Wildman–Crippen LogP) is 0.138. The van der Waals surface area contributed by atoms with Crippen molar-refractivity contribution in [3.8, 4) is 0 Å². The van der Waals surface area contributed by atoms with Crippen LogP contribution in [0.2, 0.25) is 0 Å². The summed E-state index contributed by atoms with van der Waals surface area (Å²) in [5.74, 6) is 0. The van der Waals surface area contributed by atoms with Gasteiger partial charge in [0, 0.05) is 18.6 Å². The molecule has 0 atom stereocenters. The van der Waals surface area contributed by atoms with Gasteiger partial charge in [0.1, 0.15) is 0 Å². The first-order valence-electron chi connectivity index (χ1n) is 5.09. The molecule has 0 spiro atoms. The first kappa shape index (κ1) is 16.3. The molecule has 0 bridgehead atoms. The smallest absolute Gasteiger partial charge is 0.0509 e. The van der Waals surface area contributed by atoms with E-state index in [1.165, 1.54) is 0 Å². The Kier molecular flexibility index (Phi) is 12.7. The topological polar surface area (TPSA) is 80.9 Å². The highest BCUT2D eigenvalue weighted by Crippen LogP contribution is 2.23. The molecule has 0 aliphatic heterocycles. The Morgan fingerprint density at radius 2 is 1.14 bits per heavy atom. The number of hydrogen-bond acceptors (Lipinski definition) is 4. The average Bonchev–Trinajstić information content (AvgIpc) is 2.24. The fourth-order valence-electron chi connectivity index (χ4n) is 0.818. The molecule has 0 saturated heterocycles. The minimum atomic E-state index is -0.222. The highest BCUT2D eigenvalue weighted by atomic mass is 16.3. The van der Waals surface area contributed by atoms with Gasteiger partial charge in [0.25, 0.3) is 0 Å². The molecule has 0 aromatic heterocycles. The van der Waals surface area contributed by atoms with Crippen molar-refractivity contribution < 1.29 is 20.4 Å². The summed E-state index contributed by atoms with van der Waals surface area (Å²) >= 11 is 0. The summed E-state index contributed by atoms with van der Waals surface area (Å²) < 4.78 is 0. The minimum Gasteiger partial charge on any atom is -0.396 e. The average molecular weight is 208 g/mol. The first-order valence-corrected chi connectivity index (χ1v) is 5.09. The molecule has 0 aliphatic carbocycles. The van der Waals surface area contributed by atoms with Crippen molar-refractivity contribution in [1.29, 1.82) is 0 Å². The maximum absolute atomic E-state index is 8.82. The molecule has 0 amide bonds. The fourth-order valence-corrected chi connectivity index (χ4v) is 0.818. The number of aliphatic hydroxyl groups excluding tert-OH is 4. The van der Waals surface area contributed by atoms with E-state index in [0.717, 1.165) is 12.8 Å². The Labute approximate surface area is 86.2 Å². The van der Waals surface area contributed by atoms with E-state index in [2.05, 4.69) is 0 Å². The quantitative estimate of drug-likeness (QED) is 0.500. The lowest BCUT2D eigenvalue weighted by Gasteiger charge is -2.25. The van der Waals surface area contributed by atoms with Crippen LogP contribution in [0.3, 0.4) is 0 Å². The van der Waals surface area contributed by atoms with Crippen molar-refractivity contribution in [2.75, 3.05) is 26.4 Å². The lowest BCUT2D eigenvalue weighted by atomic mass is 9.84. The van der Waals surface area contributed by atoms with Gasteiger partial charge in [0.2, 0.25) is 0 Å². The number of rotatable bonds is 6. The zero-order valence-corrected chi connectivity index (χ0v) is 9.24. The molecule has 0 aliphatic rings. The van der Waals surface area contributed by atoms with Crippen molar-refractivity contribution in [1.82, 2.24) is 0 Å². The monoisotopic (exact) mass is 208 g/mol. The Bertz CT molecular complexity index is 82.8. The SMILES string of the molecule is CCC(CC)(CO)CO.OCCCO. The van der Waals surface area contributed by atoms with Crippen LogP contribution in [-0.2, 0) is 0 Å². The second kappa shape index (κ2) is 10.9. The minimum absolute atomic E-state index is 0.0938. The van der Waals surface area contributed by atoms with Crippen molar-refractivity contribution in [3.63, 3.8) is 0 Å². The van der Waals surface area contributed by atoms with Gasteiger partial charge in [-0.3, -0.25) is 0 Å². The van der Waals surface area contributed by atoms with Crippen LogP contribution in [-0.4, -0.2) is 46.9 Å². The van der Waals surface area contributed by atoms with E-state index in [1.807, 2.05) is 13.8 Å². The van der Waals surface area contributed by atoms with Crippen LogP contribution >= 0.6 is 0 Å². The molecule has 14 heavy (non-hydrogen) atoms. The second-order valence-corrected chi connectivity index (χ2v) is 3.32. The molecule has 0 heterocycles. The molecule has 4 heteroatoms. The third-order valence-corrected chi connectivity index (χ3v) is 2.49. The Balaban J connectivity index is 0. The fraction of sp³-hybridized carbons (Fsp3) is 1.00. The summed E-state index contributed by atoms with van der Waals surface area (Å²) in [5, 5.41) is 33.4. The van der Waals surface area contributed by atoms with E-state index in [1.54, 1.807) is 0 Å². The van der Waals surface area contributed by atoms with E-state index in [4.69, 9.17) is 20.4 Å². The molecule has 0 fully saturated rings. The van der Waals surface area contributed by atoms with Gasteiger partial charge in [-0.25, -0.2) is 0 Å². The van der Waals surface area contributed by atoms with Gasteiger partial charge >= 0.3 is 0 Å². The van der Waals surface area contributed by atoms with Gasteiger partial charge in [-0.1, -0.05) is 13.8 Å². The highest BCUT2D eigenvalue weighted by molar-refractivity contribution is 4.73. The normalized spacial score (nSPS) is 10.7. The summed E-state index contributed by atoms with van der Waals surface area (Å²) in [6.45, 7) is 4.34. The molecule has 4 N–H and O–H groups in total. The lowest BCUT2D eigenvalue weighted by Crippen LogP contribution is -2.27. The molecular weight excluding hydrogens is 184 g/mol. The van der Waals surface area contributed by atoms with Gasteiger partial charge in [-0.05, 0) is 19.3 Å². The van der Waals surface area contributed by atoms with E-state index in [-0.39, 0.29) is 31.8 Å². The summed E-state index contributed by atoms with van der Waals surface area (Å²) in [6, 6.07) is 0. The van der Waals surface area contributed by atoms with Crippen LogP contribution in [0.4, 0.5) is 0 Å². The molecule has 0 aromatic rings. The molecule has 0 rings (SSSR count). The van der Waals surface area contributed by atoms with E-state index >= 15 is 0 Å². The van der Waals surface area contributed by atoms with Crippen LogP contribution in [0.15, 0.2) is 0 Å². The standard InChI is InChI=1S/C7H16O2.C3H8O2/c1-3-7(4-2,5-8)6-9;4-2-1-3-5/h8-9H,3-6H2,1-2H3;4-5H,1-3H2. The summed E-state index contributed by atoms with van der Waals surface area (Å²) in [7, 11) is 0. The largest absolute Gasteiger partial charge is 0.396 e. The van der Waals surface area contributed by atoms with Crippen molar-refractivity contribution >= 4 is 0 Å². The third-order valence-electron chi connectivity index (χ3n) is 2.49. The first-order chi connectivity index (χ1) is 6.66. The van der Waals surface area contributed by atoms with E-state index in [0.29, 0.717) is 6.42 Å². The number of aliphatic hydroxyl groups is 4. The predicted molar refractivity (Wildman–Crippen MR) is 56.0 cm³/mol. The van der Waals surface area contributed by atoms with Crippen molar-refractivity contribution in [3.05, 3.63) is 0 Å². The zero-order chi connectivity index (χ0) is 11.4. The van der Waals surface area contributed by atoms with Crippen LogP contribution in [0.1, 0.15) is 33.1 Å². The second-order valence-electron chi connectivity index (χ2n) is 3.32. The van der Waals surface area contributed by atoms with Crippen LogP contribution < -0.4 is 0 Å². The van der Waals surface area contributed by atoms with Gasteiger partial charge in [0.15, 0.2) is 0 Å². The molecule has 0 radical (unpaired) electrons. The van der Waals surface area contributed by atoms with Crippen LogP contribution in [0.5, 0.6) is 0 Å². The molecule has 88 valence electrons. The van der Waals surface area contributed by atoms with Gasteiger partial charge in [-0.15, -0.1) is 0 Å². The summed E-state index contributed by atoms with van der Waals surface area (Å²) in [5.41, 5.74) is -0.222. The molecule has 0 unspecified atom stereocenters. The molecule has 0 aromatic carbocycles. The van der Waals surface area contributed by atoms with Gasteiger partial charge in [0.05, 0.1) is 13.2 Å². The Morgan fingerprint density at radius 1 is 0.786 bits per heavy atom. The maximum Gasteiger partial charge on any atom is 0.0509 e. The van der Waals surface area contributed by atoms with Crippen molar-refractivity contribution in [2.24, 2.45) is 5.41 Å². The zero-order valence-electron chi connectivity index (χ0n) is 9.24. The molecular formula is C10H24O4. The van der Waals surface area contributed by atoms with Crippen LogP contribution in [0.25, 0.3) is 0 Å². The van der Waals surface area contributed by atoms with Gasteiger partial charge in [-0.2, -0.15) is 0 Å². The lowest BCUT2D eigenvalue weighted by molar-refractivity contribution is 0.0480. The highest BCUT2D eigenvalue weighted by Gasteiger charge is 2.23. The van der Waals surface area contributed by atoms with E-state index in [9.17, 15) is 0 Å². The number of hydrogen-bond donors (Lipinski definition) is 4. The van der Waals surface area contributed by atoms with Crippen LogP contribution in [0, 0.1) is 5.41 Å². The summed E-state index contributed by atoms with van der Waals surface area (Å²) in [6.07, 6.45) is 2.19. The maximum atomic E-state index is 8.82. The molecule has 0 saturated carbocycles. The Morgan fingerprint density at radius 3 is 1.14 bits per heavy atom. The molecule has 4 nitrogen and oxygen atoms in total. The Hall–Kier alpha value is -0.160. The van der Waals surface area contributed by atoms with E-state index < -0.39 is 0 Å². The van der Waals surface area contributed by atoms with Crippen molar-refractivity contribution in [2.45, 2.75) is 33.1 Å². The van der Waals surface area contributed by atoms with Gasteiger partial charge < -0.3 is 20.4 Å². The third kappa shape index (κ3) is 7.26. The summed E-state index contributed by atoms with van der Waals surface area (Å²) in [4.78, 5) is 0.